The van der Waals surface area contributed by atoms with Crippen LogP contribution in [0.15, 0.2) is 70.6 Å². The average Bonchev–Trinajstić information content (AvgIpc) is 2.97. The van der Waals surface area contributed by atoms with Crippen molar-refractivity contribution in [2.75, 3.05) is 6.54 Å². The molecule has 0 unspecified atom stereocenters. The second-order valence-corrected chi connectivity index (χ2v) is 6.86. The Morgan fingerprint density at radius 1 is 1.21 bits per heavy atom. The molecule has 2 aromatic carbocycles. The van der Waals surface area contributed by atoms with E-state index in [1.54, 1.807) is 6.08 Å². The Morgan fingerprint density at radius 3 is 2.61 bits per heavy atom. The number of thioether (sulfide) groups is 1. The summed E-state index contributed by atoms with van der Waals surface area (Å²) in [5, 5.41) is 19.3. The number of aliphatic imine (C=N–C) groups is 1. The summed E-state index contributed by atoms with van der Waals surface area (Å²) in [7, 11) is 0. The Hall–Kier alpha value is -3.32. The highest BCUT2D eigenvalue weighted by atomic mass is 32.2. The number of hydrogen-bond acceptors (Lipinski definition) is 5. The molecule has 1 aliphatic heterocycles. The SMILES string of the molecule is CCN1C(=O)/C(=C/C=C/c2ccccc2)SC1=Nc1ccc(C(=O)O)c(O)c1. The molecular formula is C21H18N2O4S. The maximum absolute atomic E-state index is 12.6. The third-order valence-corrected chi connectivity index (χ3v) is 5.00. The van der Waals surface area contributed by atoms with Crippen LogP contribution in [0.5, 0.6) is 5.75 Å². The predicted octanol–water partition coefficient (Wildman–Crippen LogP) is 4.27. The van der Waals surface area contributed by atoms with Gasteiger partial charge in [0.25, 0.3) is 5.91 Å². The lowest BCUT2D eigenvalue weighted by Crippen LogP contribution is -2.28. The van der Waals surface area contributed by atoms with Gasteiger partial charge in [-0.2, -0.15) is 0 Å². The molecule has 0 aromatic heterocycles. The quantitative estimate of drug-likeness (QED) is 0.739. The first-order valence-corrected chi connectivity index (χ1v) is 9.39. The van der Waals surface area contributed by atoms with Crippen LogP contribution in [0, 0.1) is 0 Å². The van der Waals surface area contributed by atoms with E-state index in [2.05, 4.69) is 4.99 Å². The van der Waals surface area contributed by atoms with Crippen molar-refractivity contribution >= 4 is 40.6 Å². The molecule has 3 rings (SSSR count). The van der Waals surface area contributed by atoms with Crippen molar-refractivity contribution < 1.29 is 19.8 Å². The normalized spacial score (nSPS) is 17.2. The molecule has 1 saturated heterocycles. The van der Waals surface area contributed by atoms with Crippen molar-refractivity contribution in [3.05, 3.63) is 76.7 Å². The standard InChI is InChI=1S/C21H18N2O4S/c1-2-23-19(25)18(10-6-9-14-7-4-3-5-8-14)28-21(23)22-15-11-12-16(20(26)27)17(24)13-15/h3-13,24H,2H2,1H3,(H,26,27)/b9-6+,18-10-,22-21?. The Kier molecular flexibility index (Phi) is 5.96. The predicted molar refractivity (Wildman–Crippen MR) is 111 cm³/mol. The molecule has 0 atom stereocenters. The van der Waals surface area contributed by atoms with Gasteiger partial charge in [-0.3, -0.25) is 9.69 Å². The molecule has 0 spiro atoms. The van der Waals surface area contributed by atoms with E-state index in [-0.39, 0.29) is 17.2 Å². The maximum Gasteiger partial charge on any atom is 0.339 e. The monoisotopic (exact) mass is 394 g/mol. The lowest BCUT2D eigenvalue weighted by Gasteiger charge is -2.12. The van der Waals surface area contributed by atoms with E-state index in [0.717, 1.165) is 5.56 Å². The van der Waals surface area contributed by atoms with Crippen LogP contribution in [0.3, 0.4) is 0 Å². The third-order valence-electron chi connectivity index (χ3n) is 3.98. The zero-order valence-electron chi connectivity index (χ0n) is 15.1. The Labute approximate surface area is 166 Å². The van der Waals surface area contributed by atoms with E-state index >= 15 is 0 Å². The first-order valence-electron chi connectivity index (χ1n) is 8.57. The number of rotatable bonds is 5. The van der Waals surface area contributed by atoms with Gasteiger partial charge in [-0.15, -0.1) is 0 Å². The summed E-state index contributed by atoms with van der Waals surface area (Å²) in [6.45, 7) is 2.30. The molecule has 7 heteroatoms. The van der Waals surface area contributed by atoms with Crippen LogP contribution in [0.25, 0.3) is 6.08 Å². The lowest BCUT2D eigenvalue weighted by atomic mass is 10.2. The van der Waals surface area contributed by atoms with E-state index < -0.39 is 5.97 Å². The minimum Gasteiger partial charge on any atom is -0.507 e. The molecule has 0 radical (unpaired) electrons. The number of carboxylic acid groups (broad SMARTS) is 1. The molecule has 142 valence electrons. The summed E-state index contributed by atoms with van der Waals surface area (Å²) in [5.41, 5.74) is 1.21. The molecule has 1 aliphatic rings. The molecule has 6 nitrogen and oxygen atoms in total. The number of carbonyl (C=O) groups excluding carboxylic acids is 1. The van der Waals surface area contributed by atoms with Crippen molar-refractivity contribution in [3.8, 4) is 5.75 Å². The summed E-state index contributed by atoms with van der Waals surface area (Å²) >= 11 is 1.24. The number of amidine groups is 1. The molecular weight excluding hydrogens is 376 g/mol. The number of carbonyl (C=O) groups is 2. The highest BCUT2D eigenvalue weighted by Crippen LogP contribution is 2.33. The Balaban J connectivity index is 1.84. The third kappa shape index (κ3) is 4.32. The number of allylic oxidation sites excluding steroid dienone is 2. The highest BCUT2D eigenvalue weighted by Gasteiger charge is 2.31. The van der Waals surface area contributed by atoms with Gasteiger partial charge in [-0.05, 0) is 42.5 Å². The summed E-state index contributed by atoms with van der Waals surface area (Å²) in [4.78, 5) is 30.1. The smallest absolute Gasteiger partial charge is 0.339 e. The highest BCUT2D eigenvalue weighted by molar-refractivity contribution is 8.18. The van der Waals surface area contributed by atoms with Gasteiger partial charge >= 0.3 is 5.97 Å². The van der Waals surface area contributed by atoms with Crippen LogP contribution in [-0.4, -0.2) is 38.7 Å². The molecule has 1 fully saturated rings. The van der Waals surface area contributed by atoms with Crippen molar-refractivity contribution in [1.82, 2.24) is 4.90 Å². The second-order valence-electron chi connectivity index (χ2n) is 5.85. The van der Waals surface area contributed by atoms with Crippen molar-refractivity contribution in [2.24, 2.45) is 4.99 Å². The molecule has 0 bridgehead atoms. The maximum atomic E-state index is 12.6. The van der Waals surface area contributed by atoms with Gasteiger partial charge in [-0.1, -0.05) is 42.5 Å². The molecule has 28 heavy (non-hydrogen) atoms. The van der Waals surface area contributed by atoms with E-state index in [1.807, 2.05) is 49.4 Å². The number of likely N-dealkylation sites (N-methyl/N-ethyl adjacent to an activating group) is 1. The van der Waals surface area contributed by atoms with Gasteiger partial charge in [0, 0.05) is 12.6 Å². The topological polar surface area (TPSA) is 90.2 Å². The average molecular weight is 394 g/mol. The fraction of sp³-hybridized carbons (Fsp3) is 0.0952. The zero-order valence-corrected chi connectivity index (χ0v) is 15.9. The fourth-order valence-electron chi connectivity index (χ4n) is 2.58. The molecule has 2 aromatic rings. The number of aromatic hydroxyl groups is 1. The van der Waals surface area contributed by atoms with E-state index in [4.69, 9.17) is 5.11 Å². The zero-order chi connectivity index (χ0) is 20.1. The summed E-state index contributed by atoms with van der Waals surface area (Å²) < 4.78 is 0. The van der Waals surface area contributed by atoms with E-state index in [9.17, 15) is 14.7 Å². The van der Waals surface area contributed by atoms with Crippen LogP contribution in [0.2, 0.25) is 0 Å². The number of hydrogen-bond donors (Lipinski definition) is 2. The Bertz CT molecular complexity index is 997. The van der Waals surface area contributed by atoms with Gasteiger partial charge in [-0.25, -0.2) is 9.79 Å². The van der Waals surface area contributed by atoms with Gasteiger partial charge in [0.15, 0.2) is 5.17 Å². The van der Waals surface area contributed by atoms with Crippen LogP contribution >= 0.6 is 11.8 Å². The number of aromatic carboxylic acids is 1. The molecule has 0 aliphatic carbocycles. The number of carboxylic acids is 1. The molecule has 0 saturated carbocycles. The first-order chi connectivity index (χ1) is 13.5. The summed E-state index contributed by atoms with van der Waals surface area (Å²) in [5.74, 6) is -1.73. The van der Waals surface area contributed by atoms with Crippen molar-refractivity contribution in [3.63, 3.8) is 0 Å². The minimum atomic E-state index is -1.22. The van der Waals surface area contributed by atoms with Gasteiger partial charge in [0.1, 0.15) is 11.3 Å². The van der Waals surface area contributed by atoms with Gasteiger partial charge < -0.3 is 10.2 Å². The van der Waals surface area contributed by atoms with Crippen molar-refractivity contribution in [1.29, 1.82) is 0 Å². The molecule has 1 heterocycles. The van der Waals surface area contributed by atoms with Crippen LogP contribution in [0.4, 0.5) is 5.69 Å². The van der Waals surface area contributed by atoms with Crippen molar-refractivity contribution in [2.45, 2.75) is 6.92 Å². The second kappa shape index (κ2) is 8.58. The number of amides is 1. The fourth-order valence-corrected chi connectivity index (χ4v) is 3.59. The molecule has 2 N–H and O–H groups in total. The van der Waals surface area contributed by atoms with Crippen LogP contribution < -0.4 is 0 Å². The number of nitrogens with zero attached hydrogens (tertiary/aromatic N) is 2. The minimum absolute atomic E-state index is 0.143. The number of benzene rings is 2. The Morgan fingerprint density at radius 2 is 1.96 bits per heavy atom. The van der Waals surface area contributed by atoms with Gasteiger partial charge in [0.2, 0.25) is 0 Å². The number of phenols is 1. The first kappa shape index (κ1) is 19.4. The summed E-state index contributed by atoms with van der Waals surface area (Å²) in [6, 6.07) is 13.8. The van der Waals surface area contributed by atoms with Crippen LogP contribution in [-0.2, 0) is 4.79 Å². The van der Waals surface area contributed by atoms with Crippen LogP contribution in [0.1, 0.15) is 22.8 Å². The molecule has 1 amide bonds. The summed E-state index contributed by atoms with van der Waals surface area (Å²) in [6.07, 6.45) is 5.48. The van der Waals surface area contributed by atoms with Gasteiger partial charge in [0.05, 0.1) is 10.6 Å². The lowest BCUT2D eigenvalue weighted by molar-refractivity contribution is -0.122. The van der Waals surface area contributed by atoms with E-state index in [1.165, 1.54) is 34.9 Å². The largest absolute Gasteiger partial charge is 0.507 e. The van der Waals surface area contributed by atoms with E-state index in [0.29, 0.717) is 22.3 Å².